The zero-order valence-corrected chi connectivity index (χ0v) is 15.9. The standard InChI is InChI=1S/C12H16N2O.2C2H4O2.Pd/c1-12(2,3)10-8-15-11(14-10)9-6-4-5-7-13-9;2*1-2(3)4;/h4-7,10H,8H2,1-3H3;2*1H3,(H,3,4);/q;;;+2/p-2/t10-;;;/m1.../s1. The van der Waals surface area contributed by atoms with Crippen LogP contribution < -0.4 is 10.2 Å². The predicted molar refractivity (Wildman–Crippen MR) is 81.3 cm³/mol. The molecule has 0 spiro atoms. The Balaban J connectivity index is 0. The summed E-state index contributed by atoms with van der Waals surface area (Å²) in [4.78, 5) is 26.6. The van der Waals surface area contributed by atoms with Gasteiger partial charge in [0.2, 0.25) is 5.90 Å². The van der Waals surface area contributed by atoms with Gasteiger partial charge >= 0.3 is 20.4 Å². The molecule has 0 N–H and O–H groups in total. The Labute approximate surface area is 155 Å². The Morgan fingerprint density at radius 3 is 2.00 bits per heavy atom. The van der Waals surface area contributed by atoms with Gasteiger partial charge in [-0.3, -0.25) is 4.98 Å². The summed E-state index contributed by atoms with van der Waals surface area (Å²) in [5.74, 6) is -1.49. The van der Waals surface area contributed by atoms with Crippen molar-refractivity contribution in [2.75, 3.05) is 6.61 Å². The van der Waals surface area contributed by atoms with Crippen LogP contribution in [0.25, 0.3) is 0 Å². The van der Waals surface area contributed by atoms with Crippen LogP contribution in [0.1, 0.15) is 40.3 Å². The predicted octanol–water partition coefficient (Wildman–Crippen LogP) is -0.217. The third-order valence-corrected chi connectivity index (χ3v) is 2.53. The fourth-order valence-corrected chi connectivity index (χ4v) is 1.45. The van der Waals surface area contributed by atoms with Crippen molar-refractivity contribution >= 4 is 17.8 Å². The van der Waals surface area contributed by atoms with Crippen molar-refractivity contribution in [1.82, 2.24) is 4.98 Å². The number of carboxylic acids is 2. The summed E-state index contributed by atoms with van der Waals surface area (Å²) in [6, 6.07) is 5.98. The van der Waals surface area contributed by atoms with E-state index in [1.54, 1.807) is 6.20 Å². The van der Waals surface area contributed by atoms with E-state index in [2.05, 4.69) is 30.7 Å². The molecule has 7 nitrogen and oxygen atoms in total. The molecule has 0 saturated heterocycles. The Morgan fingerprint density at radius 1 is 1.17 bits per heavy atom. The van der Waals surface area contributed by atoms with E-state index in [0.717, 1.165) is 19.5 Å². The molecule has 24 heavy (non-hydrogen) atoms. The first-order valence-corrected chi connectivity index (χ1v) is 7.01. The summed E-state index contributed by atoms with van der Waals surface area (Å²) in [6.07, 6.45) is 1.76. The topological polar surface area (TPSA) is 115 Å². The average Bonchev–Trinajstić information content (AvgIpc) is 2.88. The number of ether oxygens (including phenoxy) is 1. The number of rotatable bonds is 1. The zero-order chi connectivity index (χ0) is 18.0. The van der Waals surface area contributed by atoms with E-state index < -0.39 is 11.9 Å². The van der Waals surface area contributed by atoms with Gasteiger partial charge in [-0.1, -0.05) is 26.8 Å². The van der Waals surface area contributed by atoms with Gasteiger partial charge in [-0.05, 0) is 31.4 Å². The van der Waals surface area contributed by atoms with Crippen LogP contribution in [0.4, 0.5) is 0 Å². The first kappa shape index (κ1) is 24.5. The van der Waals surface area contributed by atoms with Crippen LogP contribution in [0, 0.1) is 5.41 Å². The summed E-state index contributed by atoms with van der Waals surface area (Å²) in [7, 11) is 0. The van der Waals surface area contributed by atoms with Crippen LogP contribution in [0.5, 0.6) is 0 Å². The van der Waals surface area contributed by atoms with Gasteiger partial charge in [0.1, 0.15) is 12.3 Å². The van der Waals surface area contributed by atoms with Gasteiger partial charge in [-0.2, -0.15) is 0 Å². The van der Waals surface area contributed by atoms with Crippen molar-refractivity contribution in [2.24, 2.45) is 10.4 Å². The quantitative estimate of drug-likeness (QED) is 0.571. The number of pyridine rings is 1. The molecule has 1 atom stereocenters. The smallest absolute Gasteiger partial charge is 0.550 e. The molecule has 1 aromatic heterocycles. The minimum atomic E-state index is -1.08. The Bertz CT molecular complexity index is 521. The van der Waals surface area contributed by atoms with E-state index in [1.807, 2.05) is 18.2 Å². The Kier molecular flexibility index (Phi) is 11.9. The number of aliphatic carboxylic acids is 2. The fourth-order valence-electron chi connectivity index (χ4n) is 1.45. The van der Waals surface area contributed by atoms with Crippen LogP contribution in [-0.2, 0) is 34.7 Å². The monoisotopic (exact) mass is 428 g/mol. The van der Waals surface area contributed by atoms with Crippen molar-refractivity contribution < 1.29 is 45.0 Å². The average molecular weight is 429 g/mol. The van der Waals surface area contributed by atoms with E-state index in [1.165, 1.54) is 0 Å². The maximum Gasteiger partial charge on any atom is 2.00 e. The largest absolute Gasteiger partial charge is 2.00 e. The van der Waals surface area contributed by atoms with Gasteiger partial charge in [0.25, 0.3) is 0 Å². The number of carbonyl (C=O) groups is 2. The first-order valence-electron chi connectivity index (χ1n) is 7.01. The van der Waals surface area contributed by atoms with Gasteiger partial charge < -0.3 is 24.5 Å². The minimum Gasteiger partial charge on any atom is -0.550 e. The molecule has 0 saturated carbocycles. The van der Waals surface area contributed by atoms with Gasteiger partial charge in [0.05, 0.1) is 6.04 Å². The molecule has 0 fully saturated rings. The van der Waals surface area contributed by atoms with Crippen LogP contribution >= 0.6 is 0 Å². The molecule has 8 heteroatoms. The molecular weight excluding hydrogens is 407 g/mol. The van der Waals surface area contributed by atoms with E-state index in [0.29, 0.717) is 12.5 Å². The molecule has 2 heterocycles. The van der Waals surface area contributed by atoms with Gasteiger partial charge in [-0.25, -0.2) is 4.99 Å². The summed E-state index contributed by atoms with van der Waals surface area (Å²) >= 11 is 0. The van der Waals surface area contributed by atoms with Crippen molar-refractivity contribution in [1.29, 1.82) is 0 Å². The number of aromatic nitrogens is 1. The molecule has 0 radical (unpaired) electrons. The summed E-state index contributed by atoms with van der Waals surface area (Å²) in [5.41, 5.74) is 0.973. The van der Waals surface area contributed by atoms with E-state index >= 15 is 0 Å². The third kappa shape index (κ3) is 11.7. The zero-order valence-electron chi connectivity index (χ0n) is 14.3. The van der Waals surface area contributed by atoms with Crippen molar-refractivity contribution in [3.8, 4) is 0 Å². The number of nitrogens with zero attached hydrogens (tertiary/aromatic N) is 2. The second kappa shape index (κ2) is 11.7. The van der Waals surface area contributed by atoms with Crippen LogP contribution in [0.3, 0.4) is 0 Å². The number of aliphatic imine (C=N–C) groups is 1. The first-order chi connectivity index (χ1) is 10.5. The van der Waals surface area contributed by atoms with Crippen molar-refractivity contribution in [2.45, 2.75) is 40.7 Å². The second-order valence-corrected chi connectivity index (χ2v) is 5.83. The number of carbonyl (C=O) groups excluding carboxylic acids is 2. The van der Waals surface area contributed by atoms with E-state index in [4.69, 9.17) is 24.5 Å². The molecule has 1 aromatic rings. The SMILES string of the molecule is CC(=O)[O-].CC(=O)[O-].CC(C)(C)[C@H]1COC(c2ccccn2)=N1.[Pd+2]. The van der Waals surface area contributed by atoms with Gasteiger partial charge in [0, 0.05) is 18.1 Å². The number of carboxylic acid groups (broad SMARTS) is 2. The molecular formula is C16H22N2O5Pd. The number of hydrogen-bond acceptors (Lipinski definition) is 7. The molecule has 0 bridgehead atoms. The Morgan fingerprint density at radius 2 is 1.67 bits per heavy atom. The minimum absolute atomic E-state index is 0. The van der Waals surface area contributed by atoms with Crippen LogP contribution in [0.15, 0.2) is 29.4 Å². The Hall–Kier alpha value is -1.78. The molecule has 0 amide bonds. The van der Waals surface area contributed by atoms with E-state index in [9.17, 15) is 0 Å². The van der Waals surface area contributed by atoms with Gasteiger partial charge in [0.15, 0.2) is 0 Å². The van der Waals surface area contributed by atoms with Crippen molar-refractivity contribution in [3.05, 3.63) is 30.1 Å². The molecule has 0 aromatic carbocycles. The summed E-state index contributed by atoms with van der Waals surface area (Å²) < 4.78 is 5.57. The molecule has 1 aliphatic heterocycles. The van der Waals surface area contributed by atoms with Crippen molar-refractivity contribution in [3.63, 3.8) is 0 Å². The maximum absolute atomic E-state index is 8.89. The molecule has 1 aliphatic rings. The summed E-state index contributed by atoms with van der Waals surface area (Å²) in [5, 5.41) is 17.8. The van der Waals surface area contributed by atoms with Gasteiger partial charge in [-0.15, -0.1) is 0 Å². The maximum atomic E-state index is 8.89. The normalized spacial score (nSPS) is 15.2. The fraction of sp³-hybridized carbons (Fsp3) is 0.500. The van der Waals surface area contributed by atoms with Crippen LogP contribution in [-0.4, -0.2) is 35.5 Å². The van der Waals surface area contributed by atoms with E-state index in [-0.39, 0.29) is 31.9 Å². The third-order valence-electron chi connectivity index (χ3n) is 2.53. The molecule has 0 aliphatic carbocycles. The molecule has 2 rings (SSSR count). The number of hydrogen-bond donors (Lipinski definition) is 0. The summed E-state index contributed by atoms with van der Waals surface area (Å²) in [6.45, 7) is 9.12. The van der Waals surface area contributed by atoms with Crippen LogP contribution in [0.2, 0.25) is 0 Å². The second-order valence-electron chi connectivity index (χ2n) is 5.83. The molecule has 136 valence electrons. The molecule has 0 unspecified atom stereocenters.